The summed E-state index contributed by atoms with van der Waals surface area (Å²) in [6, 6.07) is 7.75. The van der Waals surface area contributed by atoms with E-state index in [0.29, 0.717) is 38.9 Å². The molecule has 0 spiro atoms. The lowest BCUT2D eigenvalue weighted by Gasteiger charge is -2.54. The normalized spacial score (nSPS) is 29.4. The van der Waals surface area contributed by atoms with Gasteiger partial charge in [0.05, 0.1) is 13.7 Å². The van der Waals surface area contributed by atoms with E-state index in [2.05, 4.69) is 6.58 Å². The minimum atomic E-state index is -0.926. The SMILES string of the molecule is C=CC[C@@H]1C(=O)[C@H](C)[C@H](CCOCc2ccc(OC)cc2)[C@H]2C(=O)CCC(OC)(OC)[C@H]21. The zero-order valence-corrected chi connectivity index (χ0v) is 19.7. The van der Waals surface area contributed by atoms with Crippen LogP contribution in [-0.4, -0.2) is 45.3 Å². The molecule has 0 radical (unpaired) electrons. The van der Waals surface area contributed by atoms with Gasteiger partial charge in [-0.2, -0.15) is 0 Å². The molecule has 1 aromatic rings. The third-order valence-electron chi connectivity index (χ3n) is 7.47. The van der Waals surface area contributed by atoms with Gasteiger partial charge >= 0.3 is 0 Å². The van der Waals surface area contributed by atoms with Crippen molar-refractivity contribution in [1.29, 1.82) is 0 Å². The molecule has 0 amide bonds. The molecule has 0 unspecified atom stereocenters. The summed E-state index contributed by atoms with van der Waals surface area (Å²) in [5, 5.41) is 0. The van der Waals surface area contributed by atoms with E-state index in [9.17, 15) is 9.59 Å². The van der Waals surface area contributed by atoms with E-state index in [0.717, 1.165) is 11.3 Å². The first kappa shape index (κ1) is 24.6. The molecule has 2 aliphatic carbocycles. The summed E-state index contributed by atoms with van der Waals surface area (Å²) in [4.78, 5) is 26.6. The van der Waals surface area contributed by atoms with Gasteiger partial charge in [0.2, 0.25) is 0 Å². The van der Waals surface area contributed by atoms with E-state index in [1.165, 1.54) is 0 Å². The van der Waals surface area contributed by atoms with Crippen LogP contribution in [0.3, 0.4) is 0 Å². The first-order valence-electron chi connectivity index (χ1n) is 11.4. The highest BCUT2D eigenvalue weighted by Gasteiger charge is 2.60. The lowest BCUT2D eigenvalue weighted by atomic mass is 9.53. The molecular weight excluding hydrogens is 408 g/mol. The number of carbonyl (C=O) groups excluding carboxylic acids is 2. The van der Waals surface area contributed by atoms with E-state index in [1.807, 2.05) is 31.2 Å². The van der Waals surface area contributed by atoms with Gasteiger partial charge in [-0.25, -0.2) is 0 Å². The second-order valence-electron chi connectivity index (χ2n) is 8.91. The van der Waals surface area contributed by atoms with Crippen molar-refractivity contribution in [3.8, 4) is 5.75 Å². The van der Waals surface area contributed by atoms with Crippen molar-refractivity contribution in [3.63, 3.8) is 0 Å². The second kappa shape index (κ2) is 10.7. The molecule has 3 rings (SSSR count). The van der Waals surface area contributed by atoms with E-state index in [1.54, 1.807) is 27.4 Å². The first-order chi connectivity index (χ1) is 15.4. The smallest absolute Gasteiger partial charge is 0.172 e. The van der Waals surface area contributed by atoms with Crippen LogP contribution in [0.4, 0.5) is 0 Å². The maximum Gasteiger partial charge on any atom is 0.172 e. The van der Waals surface area contributed by atoms with Gasteiger partial charge in [-0.05, 0) is 36.5 Å². The van der Waals surface area contributed by atoms with E-state index in [4.69, 9.17) is 18.9 Å². The van der Waals surface area contributed by atoms with Gasteiger partial charge in [0, 0.05) is 57.3 Å². The number of fused-ring (bicyclic) bond motifs is 1. The fourth-order valence-electron chi connectivity index (χ4n) is 5.77. The zero-order valence-electron chi connectivity index (χ0n) is 19.7. The minimum Gasteiger partial charge on any atom is -0.497 e. The Kier molecular flexibility index (Phi) is 8.26. The molecule has 176 valence electrons. The number of methoxy groups -OCH3 is 3. The van der Waals surface area contributed by atoms with Crippen LogP contribution >= 0.6 is 0 Å². The average Bonchev–Trinajstić information content (AvgIpc) is 2.82. The molecule has 0 heterocycles. The standard InChI is InChI=1S/C26H36O6/c1-6-7-21-24-23(22(27)12-14-26(24,30-4)31-5)20(17(2)25(21)28)13-15-32-16-18-8-10-19(29-3)11-9-18/h6,8-11,17,20-21,23-24H,1,7,12-16H2,2-5H3/t17-,20+,21+,23+,24+/m1/s1. The van der Waals surface area contributed by atoms with Crippen molar-refractivity contribution in [2.45, 2.75) is 45.0 Å². The Hall–Kier alpha value is -2.02. The molecule has 0 bridgehead atoms. The van der Waals surface area contributed by atoms with Crippen molar-refractivity contribution in [2.24, 2.45) is 29.6 Å². The van der Waals surface area contributed by atoms with Crippen LogP contribution in [0.1, 0.15) is 38.2 Å². The average molecular weight is 445 g/mol. The van der Waals surface area contributed by atoms with E-state index < -0.39 is 5.79 Å². The zero-order chi connectivity index (χ0) is 23.3. The monoisotopic (exact) mass is 444 g/mol. The molecular formula is C26H36O6. The Morgan fingerprint density at radius 3 is 2.41 bits per heavy atom. The van der Waals surface area contributed by atoms with Gasteiger partial charge in [0.15, 0.2) is 5.79 Å². The Morgan fingerprint density at radius 2 is 1.81 bits per heavy atom. The number of carbonyl (C=O) groups is 2. The Labute approximate surface area is 191 Å². The summed E-state index contributed by atoms with van der Waals surface area (Å²) in [6.07, 6.45) is 3.79. The van der Waals surface area contributed by atoms with Crippen molar-refractivity contribution in [1.82, 2.24) is 0 Å². The summed E-state index contributed by atoms with van der Waals surface area (Å²) in [5.74, 6) is -0.997. The molecule has 2 saturated carbocycles. The fourth-order valence-corrected chi connectivity index (χ4v) is 5.77. The minimum absolute atomic E-state index is 0.0955. The highest BCUT2D eigenvalue weighted by atomic mass is 16.7. The molecule has 5 atom stereocenters. The van der Waals surface area contributed by atoms with Crippen molar-refractivity contribution < 1.29 is 28.5 Å². The number of ketones is 2. The number of hydrogen-bond acceptors (Lipinski definition) is 6. The molecule has 2 fully saturated rings. The fraction of sp³-hybridized carbons (Fsp3) is 0.615. The molecule has 0 aliphatic heterocycles. The van der Waals surface area contributed by atoms with E-state index >= 15 is 0 Å². The number of benzene rings is 1. The Bertz CT molecular complexity index is 797. The van der Waals surface area contributed by atoms with Crippen LogP contribution in [0, 0.1) is 29.6 Å². The molecule has 2 aliphatic rings. The number of ether oxygens (including phenoxy) is 4. The quantitative estimate of drug-likeness (QED) is 0.306. The summed E-state index contributed by atoms with van der Waals surface area (Å²) in [6.45, 7) is 6.74. The predicted octanol–water partition coefficient (Wildman–Crippen LogP) is 4.21. The largest absolute Gasteiger partial charge is 0.497 e. The third kappa shape index (κ3) is 4.68. The summed E-state index contributed by atoms with van der Waals surface area (Å²) >= 11 is 0. The van der Waals surface area contributed by atoms with Gasteiger partial charge in [-0.1, -0.05) is 25.1 Å². The highest BCUT2D eigenvalue weighted by Crippen LogP contribution is 2.53. The lowest BCUT2D eigenvalue weighted by Crippen LogP contribution is -2.61. The van der Waals surface area contributed by atoms with Crippen LogP contribution in [0.2, 0.25) is 0 Å². The molecule has 0 saturated heterocycles. The summed E-state index contributed by atoms with van der Waals surface area (Å²) in [7, 11) is 4.85. The number of rotatable bonds is 10. The van der Waals surface area contributed by atoms with Crippen LogP contribution in [0.25, 0.3) is 0 Å². The molecule has 0 aromatic heterocycles. The van der Waals surface area contributed by atoms with Crippen molar-refractivity contribution in [2.75, 3.05) is 27.9 Å². The number of hydrogen-bond donors (Lipinski definition) is 0. The Morgan fingerprint density at radius 1 is 1.12 bits per heavy atom. The van der Waals surface area contributed by atoms with E-state index in [-0.39, 0.29) is 41.2 Å². The lowest BCUT2D eigenvalue weighted by molar-refractivity contribution is -0.278. The van der Waals surface area contributed by atoms with Crippen LogP contribution in [-0.2, 0) is 30.4 Å². The second-order valence-corrected chi connectivity index (χ2v) is 8.91. The van der Waals surface area contributed by atoms with Gasteiger partial charge < -0.3 is 18.9 Å². The van der Waals surface area contributed by atoms with Crippen LogP contribution in [0.15, 0.2) is 36.9 Å². The predicted molar refractivity (Wildman–Crippen MR) is 121 cm³/mol. The number of allylic oxidation sites excluding steroid dienone is 1. The van der Waals surface area contributed by atoms with Gasteiger partial charge in [0.1, 0.15) is 17.3 Å². The summed E-state index contributed by atoms with van der Waals surface area (Å²) < 4.78 is 22.8. The topological polar surface area (TPSA) is 71.1 Å². The molecule has 1 aromatic carbocycles. The maximum absolute atomic E-state index is 13.4. The third-order valence-corrected chi connectivity index (χ3v) is 7.47. The molecule has 0 N–H and O–H groups in total. The highest BCUT2D eigenvalue weighted by molar-refractivity contribution is 5.90. The Balaban J connectivity index is 1.76. The van der Waals surface area contributed by atoms with Crippen LogP contribution in [0.5, 0.6) is 5.75 Å². The van der Waals surface area contributed by atoms with Crippen LogP contribution < -0.4 is 4.74 Å². The summed E-state index contributed by atoms with van der Waals surface area (Å²) in [5.41, 5.74) is 1.05. The maximum atomic E-state index is 13.4. The molecule has 6 nitrogen and oxygen atoms in total. The van der Waals surface area contributed by atoms with Gasteiger partial charge in [0.25, 0.3) is 0 Å². The van der Waals surface area contributed by atoms with Gasteiger partial charge in [-0.3, -0.25) is 9.59 Å². The van der Waals surface area contributed by atoms with Gasteiger partial charge in [-0.15, -0.1) is 6.58 Å². The van der Waals surface area contributed by atoms with Crippen molar-refractivity contribution in [3.05, 3.63) is 42.5 Å². The number of Topliss-reactive ketones (excluding diaryl/α,β-unsaturated/α-hetero) is 2. The first-order valence-corrected chi connectivity index (χ1v) is 11.4. The molecule has 6 heteroatoms. The molecule has 32 heavy (non-hydrogen) atoms. The van der Waals surface area contributed by atoms with Crippen molar-refractivity contribution >= 4 is 11.6 Å².